The van der Waals surface area contributed by atoms with Gasteiger partial charge in [0.05, 0.1) is 13.1 Å². The average molecular weight is 386 g/mol. The number of alkyl halides is 3. The molecule has 0 saturated carbocycles. The van der Waals surface area contributed by atoms with E-state index in [1.807, 2.05) is 38.1 Å². The molecular weight excluding hydrogens is 365 g/mol. The monoisotopic (exact) mass is 386 g/mol. The third-order valence-electron chi connectivity index (χ3n) is 3.24. The van der Waals surface area contributed by atoms with E-state index in [1.165, 1.54) is 0 Å². The Morgan fingerprint density at radius 2 is 1.96 bits per heavy atom. The van der Waals surface area contributed by atoms with Gasteiger partial charge in [-0.1, -0.05) is 17.7 Å². The number of rotatable bonds is 7. The van der Waals surface area contributed by atoms with Gasteiger partial charge in [-0.25, -0.2) is 9.98 Å². The van der Waals surface area contributed by atoms with Crippen molar-refractivity contribution in [1.82, 2.24) is 15.6 Å². The molecule has 0 atom stereocenters. The lowest BCUT2D eigenvalue weighted by Gasteiger charge is -2.12. The van der Waals surface area contributed by atoms with Gasteiger partial charge in [0.1, 0.15) is 17.4 Å². The first kappa shape index (κ1) is 20.0. The van der Waals surface area contributed by atoms with Crippen LogP contribution in [0.5, 0.6) is 5.75 Å². The van der Waals surface area contributed by atoms with Gasteiger partial charge in [-0.05, 0) is 26.0 Å². The summed E-state index contributed by atoms with van der Waals surface area (Å²) in [4.78, 5) is 7.82. The predicted octanol–water partition coefficient (Wildman–Crippen LogP) is 3.60. The molecule has 2 N–H and O–H groups in total. The Hall–Kier alpha value is -2.29. The highest BCUT2D eigenvalue weighted by molar-refractivity contribution is 7.09. The highest BCUT2D eigenvalue weighted by Crippen LogP contribution is 2.30. The molecular formula is C17H21F3N4OS. The summed E-state index contributed by atoms with van der Waals surface area (Å²) in [5.41, 5.74) is 0.282. The number of aryl methyl sites for hydroxylation is 1. The Bertz CT molecular complexity index is 714. The van der Waals surface area contributed by atoms with Gasteiger partial charge >= 0.3 is 6.18 Å². The van der Waals surface area contributed by atoms with Gasteiger partial charge in [0.2, 0.25) is 0 Å². The number of halogens is 3. The fraction of sp³-hybridized carbons (Fsp3) is 0.412. The summed E-state index contributed by atoms with van der Waals surface area (Å²) in [7, 11) is 0. The number of aliphatic imine (C=N–C) groups is 1. The molecule has 142 valence electrons. The quantitative estimate of drug-likeness (QED) is 0.434. The molecule has 2 rings (SSSR count). The molecule has 0 radical (unpaired) electrons. The lowest BCUT2D eigenvalue weighted by atomic mass is 10.2. The Morgan fingerprint density at radius 1 is 1.23 bits per heavy atom. The van der Waals surface area contributed by atoms with Crippen molar-refractivity contribution >= 4 is 17.3 Å². The Morgan fingerprint density at radius 3 is 2.58 bits per heavy atom. The molecule has 26 heavy (non-hydrogen) atoms. The largest absolute Gasteiger partial charge is 0.492 e. The van der Waals surface area contributed by atoms with Crippen LogP contribution in [-0.4, -0.2) is 30.6 Å². The van der Waals surface area contributed by atoms with Gasteiger partial charge in [-0.3, -0.25) is 0 Å². The number of guanidine groups is 1. The molecule has 9 heteroatoms. The predicted molar refractivity (Wildman–Crippen MR) is 96.6 cm³/mol. The average Bonchev–Trinajstić information content (AvgIpc) is 3.07. The molecule has 0 spiro atoms. The number of hydrogen-bond donors (Lipinski definition) is 2. The summed E-state index contributed by atoms with van der Waals surface area (Å²) < 4.78 is 43.3. The first-order valence-electron chi connectivity index (χ1n) is 8.11. The van der Waals surface area contributed by atoms with Crippen LogP contribution in [0.2, 0.25) is 0 Å². The van der Waals surface area contributed by atoms with Crippen molar-refractivity contribution in [3.63, 3.8) is 0 Å². The highest BCUT2D eigenvalue weighted by atomic mass is 32.1. The number of nitrogens with zero attached hydrogens (tertiary/aromatic N) is 2. The summed E-state index contributed by atoms with van der Waals surface area (Å²) in [6, 6.07) is 7.74. The van der Waals surface area contributed by atoms with E-state index in [2.05, 4.69) is 20.6 Å². The lowest BCUT2D eigenvalue weighted by molar-refractivity contribution is -0.140. The van der Waals surface area contributed by atoms with Crippen molar-refractivity contribution in [2.24, 2.45) is 4.99 Å². The fourth-order valence-corrected chi connectivity index (χ4v) is 2.70. The summed E-state index contributed by atoms with van der Waals surface area (Å²) in [5.74, 6) is 1.28. The second kappa shape index (κ2) is 9.42. The number of nitrogens with one attached hydrogen (secondary N) is 2. The van der Waals surface area contributed by atoms with Gasteiger partial charge in [0.15, 0.2) is 11.7 Å². The van der Waals surface area contributed by atoms with Crippen molar-refractivity contribution in [3.8, 4) is 5.75 Å². The van der Waals surface area contributed by atoms with E-state index in [0.717, 1.165) is 28.0 Å². The van der Waals surface area contributed by atoms with Crippen LogP contribution in [0.1, 0.15) is 23.2 Å². The van der Waals surface area contributed by atoms with Gasteiger partial charge < -0.3 is 15.4 Å². The third kappa shape index (κ3) is 6.55. The molecule has 0 amide bonds. The first-order chi connectivity index (χ1) is 12.4. The SMILES string of the molecule is CCNC(=NCc1nc(C(F)(F)F)cs1)NCCOc1ccc(C)cc1. The number of aromatic nitrogens is 1. The van der Waals surface area contributed by atoms with Crippen LogP contribution in [0.4, 0.5) is 13.2 Å². The van der Waals surface area contributed by atoms with Crippen LogP contribution in [-0.2, 0) is 12.7 Å². The highest BCUT2D eigenvalue weighted by Gasteiger charge is 2.33. The minimum Gasteiger partial charge on any atom is -0.492 e. The molecule has 0 aliphatic heterocycles. The van der Waals surface area contributed by atoms with E-state index in [1.54, 1.807) is 0 Å². The van der Waals surface area contributed by atoms with Crippen molar-refractivity contribution in [1.29, 1.82) is 0 Å². The normalized spacial score (nSPS) is 12.1. The maximum Gasteiger partial charge on any atom is 0.434 e. The molecule has 5 nitrogen and oxygen atoms in total. The molecule has 0 aliphatic carbocycles. The number of benzene rings is 1. The van der Waals surface area contributed by atoms with Crippen LogP contribution >= 0.6 is 11.3 Å². The maximum atomic E-state index is 12.6. The van der Waals surface area contributed by atoms with Crippen molar-refractivity contribution < 1.29 is 17.9 Å². The van der Waals surface area contributed by atoms with E-state index < -0.39 is 11.9 Å². The molecule has 1 aromatic carbocycles. The summed E-state index contributed by atoms with van der Waals surface area (Å²) >= 11 is 0.945. The molecule has 0 fully saturated rings. The van der Waals surface area contributed by atoms with E-state index in [9.17, 15) is 13.2 Å². The number of hydrogen-bond acceptors (Lipinski definition) is 4. The van der Waals surface area contributed by atoms with E-state index in [-0.39, 0.29) is 6.54 Å². The van der Waals surface area contributed by atoms with Gasteiger partial charge in [-0.2, -0.15) is 13.2 Å². The summed E-state index contributed by atoms with van der Waals surface area (Å²) in [6.07, 6.45) is -4.42. The zero-order valence-electron chi connectivity index (χ0n) is 14.6. The second-order valence-electron chi connectivity index (χ2n) is 5.41. The van der Waals surface area contributed by atoms with Crippen LogP contribution < -0.4 is 15.4 Å². The van der Waals surface area contributed by atoms with Crippen molar-refractivity contribution in [2.45, 2.75) is 26.6 Å². The fourth-order valence-electron chi connectivity index (χ4n) is 1.97. The zero-order chi connectivity index (χ0) is 19.0. The minimum atomic E-state index is -4.42. The van der Waals surface area contributed by atoms with Crippen LogP contribution in [0.15, 0.2) is 34.6 Å². The summed E-state index contributed by atoms with van der Waals surface area (Å²) in [6.45, 7) is 5.56. The van der Waals surface area contributed by atoms with Gasteiger partial charge in [-0.15, -0.1) is 11.3 Å². The van der Waals surface area contributed by atoms with E-state index >= 15 is 0 Å². The van der Waals surface area contributed by atoms with Crippen molar-refractivity contribution in [3.05, 3.63) is 45.9 Å². The van der Waals surface area contributed by atoms with Crippen molar-refractivity contribution in [2.75, 3.05) is 19.7 Å². The molecule has 1 aromatic heterocycles. The number of thiazole rings is 1. The van der Waals surface area contributed by atoms with E-state index in [0.29, 0.717) is 30.7 Å². The van der Waals surface area contributed by atoms with E-state index in [4.69, 9.17) is 4.74 Å². The van der Waals surface area contributed by atoms with Gasteiger partial charge in [0.25, 0.3) is 0 Å². The minimum absolute atomic E-state index is 0.0783. The Balaban J connectivity index is 1.82. The molecule has 0 bridgehead atoms. The smallest absolute Gasteiger partial charge is 0.434 e. The summed E-state index contributed by atoms with van der Waals surface area (Å²) in [5, 5.41) is 7.42. The standard InChI is InChI=1S/C17H21F3N4OS/c1-3-21-16(22-8-9-25-13-6-4-12(2)5-7-13)23-10-15-24-14(11-26-15)17(18,19)20/h4-7,11H,3,8-10H2,1-2H3,(H2,21,22,23). The first-order valence-corrected chi connectivity index (χ1v) is 8.99. The molecule has 0 unspecified atom stereocenters. The van der Waals surface area contributed by atoms with Crippen LogP contribution in [0, 0.1) is 6.92 Å². The van der Waals surface area contributed by atoms with Crippen LogP contribution in [0.25, 0.3) is 0 Å². The Labute approximate surface area is 154 Å². The van der Waals surface area contributed by atoms with Crippen LogP contribution in [0.3, 0.4) is 0 Å². The second-order valence-corrected chi connectivity index (χ2v) is 6.35. The molecule has 0 saturated heterocycles. The topological polar surface area (TPSA) is 58.5 Å². The molecule has 0 aliphatic rings. The maximum absolute atomic E-state index is 12.6. The Kier molecular flexibility index (Phi) is 7.26. The molecule has 1 heterocycles. The number of ether oxygens (including phenoxy) is 1. The molecule has 2 aromatic rings. The van der Waals surface area contributed by atoms with Gasteiger partial charge in [0, 0.05) is 11.9 Å². The zero-order valence-corrected chi connectivity index (χ0v) is 15.4. The lowest BCUT2D eigenvalue weighted by Crippen LogP contribution is -2.39. The third-order valence-corrected chi connectivity index (χ3v) is 4.08.